The summed E-state index contributed by atoms with van der Waals surface area (Å²) in [5, 5.41) is 0. The molecule has 0 amide bonds. The van der Waals surface area contributed by atoms with Crippen LogP contribution < -0.4 is 16.2 Å². The smallest absolute Gasteiger partial charge is 0.222 e. The Bertz CT molecular complexity index is 470. The van der Waals surface area contributed by atoms with Gasteiger partial charge in [0.05, 0.1) is 5.69 Å². The van der Waals surface area contributed by atoms with Crippen molar-refractivity contribution in [2.45, 2.75) is 6.54 Å². The Labute approximate surface area is 93.1 Å². The summed E-state index contributed by atoms with van der Waals surface area (Å²) in [6, 6.07) is 8.79. The molecule has 1 heterocycles. The topological polar surface area (TPSA) is 87.0 Å². The minimum Gasteiger partial charge on any atom is -0.439 e. The second kappa shape index (κ2) is 4.59. The van der Waals surface area contributed by atoms with E-state index in [4.69, 9.17) is 16.2 Å². The maximum atomic E-state index is 5.57. The quantitative estimate of drug-likeness (QED) is 0.755. The highest BCUT2D eigenvalue weighted by molar-refractivity contribution is 5.42. The number of aromatic nitrogens is 2. The first-order valence-electron chi connectivity index (χ1n) is 4.82. The van der Waals surface area contributed by atoms with E-state index in [-0.39, 0.29) is 0 Å². The first-order chi connectivity index (χ1) is 7.78. The number of anilines is 1. The molecule has 1 aromatic heterocycles. The molecule has 0 atom stereocenters. The van der Waals surface area contributed by atoms with Crippen LogP contribution in [-0.2, 0) is 6.54 Å². The van der Waals surface area contributed by atoms with Crippen LogP contribution in [0.2, 0.25) is 0 Å². The minimum absolute atomic E-state index is 0.362. The number of rotatable bonds is 3. The number of hydrogen-bond donors (Lipinski definition) is 2. The highest BCUT2D eigenvalue weighted by atomic mass is 16.5. The SMILES string of the molecule is NCc1cc(Oc2ccc(N)cc2)ncn1. The van der Waals surface area contributed by atoms with Crippen molar-refractivity contribution in [3.05, 3.63) is 42.4 Å². The third-order valence-corrected chi connectivity index (χ3v) is 2.01. The highest BCUT2D eigenvalue weighted by Crippen LogP contribution is 2.20. The number of hydrogen-bond acceptors (Lipinski definition) is 5. The Morgan fingerprint density at radius 3 is 2.56 bits per heavy atom. The number of nitrogens with two attached hydrogens (primary N) is 2. The Balaban J connectivity index is 2.16. The largest absolute Gasteiger partial charge is 0.439 e. The molecular formula is C11H12N4O. The lowest BCUT2D eigenvalue weighted by Gasteiger charge is -2.05. The zero-order chi connectivity index (χ0) is 11.4. The van der Waals surface area contributed by atoms with Gasteiger partial charge in [0, 0.05) is 18.3 Å². The third kappa shape index (κ3) is 2.46. The van der Waals surface area contributed by atoms with E-state index in [1.54, 1.807) is 30.3 Å². The van der Waals surface area contributed by atoms with Crippen molar-refractivity contribution in [3.8, 4) is 11.6 Å². The van der Waals surface area contributed by atoms with Gasteiger partial charge in [-0.15, -0.1) is 0 Å². The van der Waals surface area contributed by atoms with Crippen LogP contribution in [0.1, 0.15) is 5.69 Å². The zero-order valence-corrected chi connectivity index (χ0v) is 8.63. The monoisotopic (exact) mass is 216 g/mol. The average Bonchev–Trinajstić information content (AvgIpc) is 2.32. The molecule has 0 aliphatic carbocycles. The van der Waals surface area contributed by atoms with Crippen LogP contribution >= 0.6 is 0 Å². The van der Waals surface area contributed by atoms with Crippen LogP contribution in [-0.4, -0.2) is 9.97 Å². The van der Waals surface area contributed by atoms with E-state index in [0.29, 0.717) is 23.9 Å². The molecular weight excluding hydrogens is 204 g/mol. The molecule has 0 aliphatic rings. The number of nitrogen functional groups attached to an aromatic ring is 1. The maximum absolute atomic E-state index is 5.57. The fourth-order valence-corrected chi connectivity index (χ4v) is 1.20. The van der Waals surface area contributed by atoms with E-state index in [2.05, 4.69) is 9.97 Å². The van der Waals surface area contributed by atoms with Gasteiger partial charge in [-0.05, 0) is 24.3 Å². The summed E-state index contributed by atoms with van der Waals surface area (Å²) in [7, 11) is 0. The minimum atomic E-state index is 0.362. The zero-order valence-electron chi connectivity index (χ0n) is 8.63. The molecule has 1 aromatic carbocycles. The van der Waals surface area contributed by atoms with E-state index in [0.717, 1.165) is 5.69 Å². The molecule has 2 rings (SSSR count). The first kappa shape index (κ1) is 10.4. The second-order valence-electron chi connectivity index (χ2n) is 3.22. The number of benzene rings is 1. The van der Waals surface area contributed by atoms with Crippen LogP contribution in [0.5, 0.6) is 11.6 Å². The van der Waals surface area contributed by atoms with E-state index in [1.807, 2.05) is 0 Å². The van der Waals surface area contributed by atoms with Crippen molar-refractivity contribution in [2.24, 2.45) is 5.73 Å². The molecule has 82 valence electrons. The van der Waals surface area contributed by atoms with Crippen LogP contribution in [0.15, 0.2) is 36.7 Å². The lowest BCUT2D eigenvalue weighted by molar-refractivity contribution is 0.460. The second-order valence-corrected chi connectivity index (χ2v) is 3.22. The summed E-state index contributed by atoms with van der Waals surface area (Å²) >= 11 is 0. The third-order valence-electron chi connectivity index (χ3n) is 2.01. The molecule has 0 bridgehead atoms. The fraction of sp³-hybridized carbons (Fsp3) is 0.0909. The summed E-state index contributed by atoms with van der Waals surface area (Å²) < 4.78 is 5.51. The van der Waals surface area contributed by atoms with Crippen LogP contribution in [0.25, 0.3) is 0 Å². The van der Waals surface area contributed by atoms with Crippen LogP contribution in [0, 0.1) is 0 Å². The van der Waals surface area contributed by atoms with Gasteiger partial charge in [-0.1, -0.05) is 0 Å². The molecule has 16 heavy (non-hydrogen) atoms. The molecule has 0 radical (unpaired) electrons. The molecule has 0 unspecified atom stereocenters. The molecule has 0 fully saturated rings. The molecule has 0 spiro atoms. The van der Waals surface area contributed by atoms with Crippen LogP contribution in [0.4, 0.5) is 5.69 Å². The molecule has 0 saturated heterocycles. The summed E-state index contributed by atoms with van der Waals surface area (Å²) in [5.41, 5.74) is 12.5. The van der Waals surface area contributed by atoms with Crippen LogP contribution in [0.3, 0.4) is 0 Å². The van der Waals surface area contributed by atoms with Crippen molar-refractivity contribution in [2.75, 3.05) is 5.73 Å². The van der Waals surface area contributed by atoms with Gasteiger partial charge in [0.1, 0.15) is 12.1 Å². The average molecular weight is 216 g/mol. The molecule has 2 aromatic rings. The summed E-state index contributed by atoms with van der Waals surface area (Å²) in [5.74, 6) is 1.15. The Morgan fingerprint density at radius 1 is 1.12 bits per heavy atom. The van der Waals surface area contributed by atoms with Crippen molar-refractivity contribution in [1.29, 1.82) is 0 Å². The summed E-state index contributed by atoms with van der Waals surface area (Å²) in [6.07, 6.45) is 1.43. The van der Waals surface area contributed by atoms with Gasteiger partial charge in [0.25, 0.3) is 0 Å². The molecule has 5 nitrogen and oxygen atoms in total. The summed E-state index contributed by atoms with van der Waals surface area (Å²) in [6.45, 7) is 0.362. The van der Waals surface area contributed by atoms with Crippen molar-refractivity contribution in [3.63, 3.8) is 0 Å². The van der Waals surface area contributed by atoms with E-state index < -0.39 is 0 Å². The van der Waals surface area contributed by atoms with Gasteiger partial charge in [0.15, 0.2) is 0 Å². The Hall–Kier alpha value is -2.14. The number of nitrogens with zero attached hydrogens (tertiary/aromatic N) is 2. The lowest BCUT2D eigenvalue weighted by Crippen LogP contribution is -2.00. The predicted molar refractivity (Wildman–Crippen MR) is 60.9 cm³/mol. The van der Waals surface area contributed by atoms with Gasteiger partial charge >= 0.3 is 0 Å². The standard InChI is InChI=1S/C11H12N4O/c12-6-9-5-11(15-7-14-9)16-10-3-1-8(13)2-4-10/h1-5,7H,6,12-13H2. The van der Waals surface area contributed by atoms with Gasteiger partial charge < -0.3 is 16.2 Å². The van der Waals surface area contributed by atoms with Gasteiger partial charge in [0.2, 0.25) is 5.88 Å². The van der Waals surface area contributed by atoms with Gasteiger partial charge in [-0.2, -0.15) is 0 Å². The van der Waals surface area contributed by atoms with E-state index in [1.165, 1.54) is 6.33 Å². The first-order valence-corrected chi connectivity index (χ1v) is 4.82. The lowest BCUT2D eigenvalue weighted by atomic mass is 10.3. The number of ether oxygens (including phenoxy) is 1. The highest BCUT2D eigenvalue weighted by Gasteiger charge is 2.00. The van der Waals surface area contributed by atoms with Crippen molar-refractivity contribution >= 4 is 5.69 Å². The van der Waals surface area contributed by atoms with Gasteiger partial charge in [-0.25, -0.2) is 9.97 Å². The fourth-order valence-electron chi connectivity index (χ4n) is 1.20. The van der Waals surface area contributed by atoms with E-state index in [9.17, 15) is 0 Å². The molecule has 4 N–H and O–H groups in total. The normalized spacial score (nSPS) is 10.1. The Morgan fingerprint density at radius 2 is 1.88 bits per heavy atom. The molecule has 5 heteroatoms. The van der Waals surface area contributed by atoms with E-state index >= 15 is 0 Å². The molecule has 0 saturated carbocycles. The van der Waals surface area contributed by atoms with Crippen molar-refractivity contribution < 1.29 is 4.74 Å². The predicted octanol–water partition coefficient (Wildman–Crippen LogP) is 1.31. The molecule has 0 aliphatic heterocycles. The maximum Gasteiger partial charge on any atom is 0.222 e. The Kier molecular flexibility index (Phi) is 2.98. The summed E-state index contributed by atoms with van der Waals surface area (Å²) in [4.78, 5) is 7.96. The van der Waals surface area contributed by atoms with Crippen molar-refractivity contribution in [1.82, 2.24) is 9.97 Å². The van der Waals surface area contributed by atoms with Gasteiger partial charge in [-0.3, -0.25) is 0 Å².